The van der Waals surface area contributed by atoms with Gasteiger partial charge in [0.2, 0.25) is 11.2 Å². The predicted octanol–water partition coefficient (Wildman–Crippen LogP) is 3.25. The first-order valence-corrected chi connectivity index (χ1v) is 7.37. The van der Waals surface area contributed by atoms with Crippen molar-refractivity contribution >= 4 is 5.97 Å². The van der Waals surface area contributed by atoms with Crippen molar-refractivity contribution in [3.8, 4) is 11.5 Å². The lowest BCUT2D eigenvalue weighted by Crippen LogP contribution is -2.17. The lowest BCUT2D eigenvalue weighted by Gasteiger charge is -2.17. The van der Waals surface area contributed by atoms with Crippen molar-refractivity contribution in [1.29, 1.82) is 0 Å². The maximum absolute atomic E-state index is 12.3. The molecule has 0 radical (unpaired) electrons. The van der Waals surface area contributed by atoms with Gasteiger partial charge in [-0.3, -0.25) is 9.59 Å². The summed E-state index contributed by atoms with van der Waals surface area (Å²) in [5.41, 5.74) is -0.371. The molecular weight excluding hydrogens is 357 g/mol. The van der Waals surface area contributed by atoms with Crippen LogP contribution in [-0.2, 0) is 9.53 Å². The minimum absolute atomic E-state index is 0.176. The van der Waals surface area contributed by atoms with E-state index in [1.165, 1.54) is 19.1 Å². The van der Waals surface area contributed by atoms with Crippen LogP contribution in [-0.4, -0.2) is 24.5 Å². The van der Waals surface area contributed by atoms with Gasteiger partial charge >= 0.3 is 12.3 Å². The van der Waals surface area contributed by atoms with Crippen LogP contribution in [0.25, 0.3) is 0 Å². The van der Waals surface area contributed by atoms with Crippen LogP contribution in [0.4, 0.5) is 13.2 Å². The number of esters is 1. The number of ether oxygens (including phenoxy) is 2. The smallest absolute Gasteiger partial charge is 0.502 e. The summed E-state index contributed by atoms with van der Waals surface area (Å²) < 4.78 is 50.6. The number of hydrogen-bond donors (Lipinski definition) is 1. The molecule has 2 rings (SSSR count). The third-order valence-electron chi connectivity index (χ3n) is 3.50. The quantitative estimate of drug-likeness (QED) is 0.811. The highest BCUT2D eigenvalue weighted by Crippen LogP contribution is 2.34. The fourth-order valence-electron chi connectivity index (χ4n) is 2.38. The fourth-order valence-corrected chi connectivity index (χ4v) is 2.38. The number of halogens is 3. The highest BCUT2D eigenvalue weighted by molar-refractivity contribution is 5.71. The molecule has 0 bridgehead atoms. The average molecular weight is 372 g/mol. The van der Waals surface area contributed by atoms with Gasteiger partial charge in [0.25, 0.3) is 0 Å². The van der Waals surface area contributed by atoms with E-state index in [2.05, 4.69) is 9.47 Å². The molecular formula is C17H15F3O6. The Balaban J connectivity index is 2.46. The molecule has 0 amide bonds. The summed E-state index contributed by atoms with van der Waals surface area (Å²) in [6.45, 7) is 1.49. The van der Waals surface area contributed by atoms with Crippen LogP contribution in [0.3, 0.4) is 0 Å². The molecule has 26 heavy (non-hydrogen) atoms. The maximum atomic E-state index is 12.3. The van der Waals surface area contributed by atoms with Crippen LogP contribution in [0.15, 0.2) is 39.5 Å². The lowest BCUT2D eigenvalue weighted by atomic mass is 9.92. The van der Waals surface area contributed by atoms with Crippen molar-refractivity contribution in [2.45, 2.75) is 25.6 Å². The third kappa shape index (κ3) is 4.78. The van der Waals surface area contributed by atoms with Gasteiger partial charge in [0.15, 0.2) is 5.76 Å². The normalized spacial score (nSPS) is 12.5. The SMILES string of the molecule is COC(=O)C[C@@H](c1ccc(OC(F)(F)F)cc1)c1oc(C)cc(=O)c1O. The topological polar surface area (TPSA) is 86.0 Å². The molecule has 1 heterocycles. The highest BCUT2D eigenvalue weighted by atomic mass is 19.4. The molecule has 1 aromatic carbocycles. The Hall–Kier alpha value is -2.97. The summed E-state index contributed by atoms with van der Waals surface area (Å²) in [6.07, 6.45) is -5.13. The Morgan fingerprint density at radius 2 is 1.88 bits per heavy atom. The second-order valence-corrected chi connectivity index (χ2v) is 5.38. The molecule has 0 saturated heterocycles. The van der Waals surface area contributed by atoms with E-state index in [-0.39, 0.29) is 17.9 Å². The van der Waals surface area contributed by atoms with Crippen LogP contribution in [0.2, 0.25) is 0 Å². The van der Waals surface area contributed by atoms with Crippen LogP contribution >= 0.6 is 0 Å². The third-order valence-corrected chi connectivity index (χ3v) is 3.50. The van der Waals surface area contributed by atoms with Gasteiger partial charge in [-0.05, 0) is 24.6 Å². The summed E-state index contributed by atoms with van der Waals surface area (Å²) >= 11 is 0. The predicted molar refractivity (Wildman–Crippen MR) is 83.0 cm³/mol. The molecule has 0 spiro atoms. The fraction of sp³-hybridized carbons (Fsp3) is 0.294. The number of rotatable bonds is 5. The Morgan fingerprint density at radius 1 is 1.27 bits per heavy atom. The molecule has 1 N–H and O–H groups in total. The van der Waals surface area contributed by atoms with Gasteiger partial charge < -0.3 is 19.0 Å². The van der Waals surface area contributed by atoms with Crippen LogP contribution in [0, 0.1) is 6.92 Å². The molecule has 0 aliphatic carbocycles. The zero-order valence-corrected chi connectivity index (χ0v) is 13.8. The Labute approximate surface area is 145 Å². The number of alkyl halides is 3. The van der Waals surface area contributed by atoms with Crippen molar-refractivity contribution < 1.29 is 37.0 Å². The van der Waals surface area contributed by atoms with Gasteiger partial charge in [-0.15, -0.1) is 13.2 Å². The minimum Gasteiger partial charge on any atom is -0.502 e. The van der Waals surface area contributed by atoms with E-state index in [0.717, 1.165) is 25.3 Å². The van der Waals surface area contributed by atoms with E-state index in [1.807, 2.05) is 0 Å². The number of aromatic hydroxyl groups is 1. The van der Waals surface area contributed by atoms with Crippen LogP contribution in [0.1, 0.15) is 29.4 Å². The average Bonchev–Trinajstić information content (AvgIpc) is 2.55. The summed E-state index contributed by atoms with van der Waals surface area (Å²) in [7, 11) is 1.16. The molecule has 0 unspecified atom stereocenters. The van der Waals surface area contributed by atoms with Crippen LogP contribution in [0.5, 0.6) is 11.5 Å². The summed E-state index contributed by atoms with van der Waals surface area (Å²) in [5.74, 6) is -2.70. The molecule has 1 atom stereocenters. The highest BCUT2D eigenvalue weighted by Gasteiger charge is 2.31. The first-order chi connectivity index (χ1) is 12.1. The van der Waals surface area contributed by atoms with Crippen molar-refractivity contribution in [2.24, 2.45) is 0 Å². The number of methoxy groups -OCH3 is 1. The molecule has 9 heteroatoms. The monoisotopic (exact) mass is 372 g/mol. The number of carbonyl (C=O) groups is 1. The van der Waals surface area contributed by atoms with Gasteiger partial charge in [-0.1, -0.05) is 12.1 Å². The van der Waals surface area contributed by atoms with Crippen LogP contribution < -0.4 is 10.2 Å². The Morgan fingerprint density at radius 3 is 2.42 bits per heavy atom. The summed E-state index contributed by atoms with van der Waals surface area (Å²) in [6, 6.07) is 5.73. The molecule has 0 aliphatic heterocycles. The minimum atomic E-state index is -4.84. The van der Waals surface area contributed by atoms with Gasteiger partial charge in [-0.25, -0.2) is 0 Å². The number of hydrogen-bond acceptors (Lipinski definition) is 6. The van der Waals surface area contributed by atoms with Gasteiger partial charge in [0, 0.05) is 6.07 Å². The maximum Gasteiger partial charge on any atom is 0.573 e. The van der Waals surface area contributed by atoms with Crippen molar-refractivity contribution in [3.05, 3.63) is 57.6 Å². The van der Waals surface area contributed by atoms with E-state index >= 15 is 0 Å². The molecule has 140 valence electrons. The van der Waals surface area contributed by atoms with Crippen molar-refractivity contribution in [1.82, 2.24) is 0 Å². The molecule has 1 aromatic heterocycles. The van der Waals surface area contributed by atoms with Gasteiger partial charge in [0.1, 0.15) is 11.5 Å². The standard InChI is InChI=1S/C17H15F3O6/c1-9-7-13(21)15(23)16(25-9)12(8-14(22)24-2)10-3-5-11(6-4-10)26-17(18,19)20/h3-7,12,23H,8H2,1-2H3/t12-/m0/s1. The van der Waals surface area contributed by atoms with E-state index in [4.69, 9.17) is 4.42 Å². The first-order valence-electron chi connectivity index (χ1n) is 7.37. The van der Waals surface area contributed by atoms with Crippen molar-refractivity contribution in [3.63, 3.8) is 0 Å². The number of aryl methyl sites for hydroxylation is 1. The van der Waals surface area contributed by atoms with E-state index < -0.39 is 35.2 Å². The summed E-state index contributed by atoms with van der Waals surface area (Å²) in [4.78, 5) is 23.5. The second-order valence-electron chi connectivity index (χ2n) is 5.38. The molecule has 0 aliphatic rings. The van der Waals surface area contributed by atoms with E-state index in [9.17, 15) is 27.9 Å². The Bertz CT molecular complexity index is 839. The van der Waals surface area contributed by atoms with Crippen molar-refractivity contribution in [2.75, 3.05) is 7.11 Å². The largest absolute Gasteiger partial charge is 0.573 e. The van der Waals surface area contributed by atoms with E-state index in [1.54, 1.807) is 0 Å². The zero-order chi connectivity index (χ0) is 19.5. The number of benzene rings is 1. The number of carbonyl (C=O) groups excluding carboxylic acids is 1. The Kier molecular flexibility index (Phi) is 5.59. The van der Waals surface area contributed by atoms with Gasteiger partial charge in [-0.2, -0.15) is 0 Å². The molecule has 0 saturated carbocycles. The molecule has 2 aromatic rings. The van der Waals surface area contributed by atoms with E-state index in [0.29, 0.717) is 5.56 Å². The first kappa shape index (κ1) is 19.4. The molecule has 6 nitrogen and oxygen atoms in total. The lowest BCUT2D eigenvalue weighted by molar-refractivity contribution is -0.274. The zero-order valence-electron chi connectivity index (χ0n) is 13.8. The summed E-state index contributed by atoms with van der Waals surface area (Å²) in [5, 5.41) is 10.0. The van der Waals surface area contributed by atoms with Gasteiger partial charge in [0.05, 0.1) is 19.4 Å². The second kappa shape index (κ2) is 7.51. The molecule has 0 fully saturated rings.